The highest BCUT2D eigenvalue weighted by Crippen LogP contribution is 2.57. The van der Waals surface area contributed by atoms with Crippen LogP contribution in [0.15, 0.2) is 60.7 Å². The first-order valence-electron chi connectivity index (χ1n) is 9.70. The number of fused-ring (bicyclic) bond motifs is 6. The molecule has 1 spiro atoms. The average Bonchev–Trinajstić information content (AvgIpc) is 3.05. The molecule has 2 unspecified atom stereocenters. The Hall–Kier alpha value is -3.36. The van der Waals surface area contributed by atoms with Crippen molar-refractivity contribution < 1.29 is 37.9 Å². The first-order valence-corrected chi connectivity index (χ1v) is 11.2. The predicted octanol–water partition coefficient (Wildman–Crippen LogP) is 3.41. The summed E-state index contributed by atoms with van der Waals surface area (Å²) in [5.74, 6) is -0.0390. The highest BCUT2D eigenvalue weighted by Gasteiger charge is 2.53. The third-order valence-electron chi connectivity index (χ3n) is 5.26. The molecule has 5 rings (SSSR count). The lowest BCUT2D eigenvalue weighted by molar-refractivity contribution is 0.0224. The van der Waals surface area contributed by atoms with Crippen molar-refractivity contribution in [3.63, 3.8) is 0 Å². The van der Waals surface area contributed by atoms with Crippen LogP contribution in [0.1, 0.15) is 27.0 Å². The van der Waals surface area contributed by atoms with Gasteiger partial charge >= 0.3 is 13.8 Å². The summed E-state index contributed by atoms with van der Waals surface area (Å²) in [6.07, 6.45) is 0. The van der Waals surface area contributed by atoms with Crippen LogP contribution < -0.4 is 15.0 Å². The lowest BCUT2D eigenvalue weighted by Crippen LogP contribution is -2.32. The molecule has 0 bridgehead atoms. The molecule has 0 radical (unpaired) electrons. The van der Waals surface area contributed by atoms with Crippen molar-refractivity contribution in [1.29, 1.82) is 0 Å². The lowest BCUT2D eigenvalue weighted by Gasteiger charge is -2.36. The Kier molecular flexibility index (Phi) is 4.72. The van der Waals surface area contributed by atoms with Crippen molar-refractivity contribution in [3.05, 3.63) is 82.9 Å². The standard InChI is InChI=1S/C22H18NO8P/c23-9-10-28-32(26,27)31-14-6-8-18-20(12-14)29-19-11-13(24)5-7-17(19)22(18)16-4-2-1-3-15(16)21(25)30-22/h1-8,11-12,24H,9-10,23H2,(H,26,27). The van der Waals surface area contributed by atoms with Crippen molar-refractivity contribution in [3.8, 4) is 23.0 Å². The topological polar surface area (TPSA) is 138 Å². The molecule has 0 aliphatic carbocycles. The Balaban J connectivity index is 1.67. The Bertz CT molecular complexity index is 1290. The minimum Gasteiger partial charge on any atom is -0.508 e. The molecule has 2 aliphatic heterocycles. The quantitative estimate of drug-likeness (QED) is 0.390. The van der Waals surface area contributed by atoms with Crippen molar-refractivity contribution in [2.75, 3.05) is 13.2 Å². The summed E-state index contributed by atoms with van der Waals surface area (Å²) in [5, 5.41) is 10.00. The van der Waals surface area contributed by atoms with Crippen LogP contribution in [0.3, 0.4) is 0 Å². The number of rotatable bonds is 5. The van der Waals surface area contributed by atoms with Crippen LogP contribution in [0.5, 0.6) is 23.0 Å². The third-order valence-corrected chi connectivity index (χ3v) is 6.21. The molecular formula is C22H18NO8P. The van der Waals surface area contributed by atoms with E-state index in [0.29, 0.717) is 22.3 Å². The van der Waals surface area contributed by atoms with Gasteiger partial charge in [-0.3, -0.25) is 9.42 Å². The van der Waals surface area contributed by atoms with Gasteiger partial charge in [0.2, 0.25) is 0 Å². The summed E-state index contributed by atoms with van der Waals surface area (Å²) in [7, 11) is -4.40. The maximum Gasteiger partial charge on any atom is 0.527 e. The second-order valence-electron chi connectivity index (χ2n) is 7.24. The minimum atomic E-state index is -4.40. The molecule has 0 fully saturated rings. The van der Waals surface area contributed by atoms with E-state index < -0.39 is 19.4 Å². The fourth-order valence-electron chi connectivity index (χ4n) is 4.03. The Morgan fingerprint density at radius 2 is 1.72 bits per heavy atom. The molecule has 9 nitrogen and oxygen atoms in total. The molecule has 164 valence electrons. The van der Waals surface area contributed by atoms with Crippen LogP contribution in [-0.4, -0.2) is 29.1 Å². The monoisotopic (exact) mass is 455 g/mol. The third kappa shape index (κ3) is 3.14. The molecule has 0 saturated heterocycles. The normalized spacial score (nSPS) is 19.9. The number of phosphoric acid groups is 1. The van der Waals surface area contributed by atoms with Gasteiger partial charge < -0.3 is 24.8 Å². The number of aromatic hydroxyl groups is 1. The molecule has 10 heteroatoms. The van der Waals surface area contributed by atoms with Gasteiger partial charge in [-0.1, -0.05) is 18.2 Å². The fraction of sp³-hybridized carbons (Fsp3) is 0.136. The Labute approximate surface area is 182 Å². The molecule has 3 aromatic rings. The number of carbonyl (C=O) groups excluding carboxylic acids is 1. The van der Waals surface area contributed by atoms with Gasteiger partial charge in [-0.05, 0) is 30.3 Å². The van der Waals surface area contributed by atoms with Gasteiger partial charge in [0.1, 0.15) is 23.0 Å². The minimum absolute atomic E-state index is 0.00275. The van der Waals surface area contributed by atoms with Crippen molar-refractivity contribution >= 4 is 13.8 Å². The highest BCUT2D eigenvalue weighted by molar-refractivity contribution is 7.47. The van der Waals surface area contributed by atoms with Gasteiger partial charge in [0.05, 0.1) is 12.2 Å². The molecule has 32 heavy (non-hydrogen) atoms. The summed E-state index contributed by atoms with van der Waals surface area (Å²) in [4.78, 5) is 22.6. The number of hydrogen-bond donors (Lipinski definition) is 3. The van der Waals surface area contributed by atoms with E-state index in [1.54, 1.807) is 36.4 Å². The molecule has 2 atom stereocenters. The summed E-state index contributed by atoms with van der Waals surface area (Å²) in [5.41, 5.74) is 6.05. The van der Waals surface area contributed by atoms with Gasteiger partial charge in [-0.2, -0.15) is 0 Å². The van der Waals surface area contributed by atoms with E-state index in [1.807, 2.05) is 0 Å². The molecule has 4 N–H and O–H groups in total. The SMILES string of the molecule is NCCOP(=O)(O)Oc1ccc2c(c1)Oc1cc(O)ccc1C21OC(=O)c2ccccc21. The van der Waals surface area contributed by atoms with E-state index in [2.05, 4.69) is 0 Å². The zero-order valence-corrected chi connectivity index (χ0v) is 17.5. The van der Waals surface area contributed by atoms with Gasteiger partial charge in [-0.25, -0.2) is 9.36 Å². The van der Waals surface area contributed by atoms with Crippen LogP contribution >= 0.6 is 7.82 Å². The fourth-order valence-corrected chi connectivity index (χ4v) is 4.80. The molecule has 0 aromatic heterocycles. The summed E-state index contributed by atoms with van der Waals surface area (Å²) < 4.78 is 33.9. The highest BCUT2D eigenvalue weighted by atomic mass is 31.2. The number of esters is 1. The maximum absolute atomic E-state index is 12.7. The number of ether oxygens (including phenoxy) is 2. The first-order chi connectivity index (χ1) is 15.3. The number of nitrogens with two attached hydrogens (primary N) is 1. The molecule has 2 heterocycles. The first kappa shape index (κ1) is 20.5. The van der Waals surface area contributed by atoms with E-state index >= 15 is 0 Å². The second kappa shape index (κ2) is 7.36. The molecule has 0 amide bonds. The number of phosphoric ester groups is 1. The van der Waals surface area contributed by atoms with E-state index in [-0.39, 0.29) is 36.1 Å². The molecular weight excluding hydrogens is 437 g/mol. The number of hydrogen-bond acceptors (Lipinski definition) is 8. The van der Waals surface area contributed by atoms with E-state index in [1.165, 1.54) is 24.3 Å². The van der Waals surface area contributed by atoms with E-state index in [4.69, 9.17) is 24.3 Å². The second-order valence-corrected chi connectivity index (χ2v) is 8.62. The lowest BCUT2D eigenvalue weighted by atomic mass is 9.77. The number of carbonyl (C=O) groups is 1. The molecule has 3 aromatic carbocycles. The summed E-state index contributed by atoms with van der Waals surface area (Å²) >= 11 is 0. The predicted molar refractivity (Wildman–Crippen MR) is 112 cm³/mol. The van der Waals surface area contributed by atoms with Crippen LogP contribution in [-0.2, 0) is 19.4 Å². The van der Waals surface area contributed by atoms with Crippen LogP contribution in [0.25, 0.3) is 0 Å². The number of phenols is 1. The van der Waals surface area contributed by atoms with Crippen molar-refractivity contribution in [2.24, 2.45) is 5.73 Å². The van der Waals surface area contributed by atoms with Crippen LogP contribution in [0.4, 0.5) is 0 Å². The Morgan fingerprint density at radius 1 is 1.00 bits per heavy atom. The largest absolute Gasteiger partial charge is 0.527 e. The van der Waals surface area contributed by atoms with Gasteiger partial charge in [0, 0.05) is 35.4 Å². The molecule has 2 aliphatic rings. The van der Waals surface area contributed by atoms with Gasteiger partial charge in [0.25, 0.3) is 0 Å². The smallest absolute Gasteiger partial charge is 0.508 e. The summed E-state index contributed by atoms with van der Waals surface area (Å²) in [6.45, 7) is -0.105. The zero-order chi connectivity index (χ0) is 22.5. The number of benzene rings is 3. The van der Waals surface area contributed by atoms with E-state index in [9.17, 15) is 19.4 Å². The zero-order valence-electron chi connectivity index (χ0n) is 16.6. The number of phenolic OH excluding ortho intramolecular Hbond substituents is 1. The Morgan fingerprint density at radius 3 is 2.50 bits per heavy atom. The van der Waals surface area contributed by atoms with Gasteiger partial charge in [0.15, 0.2) is 5.60 Å². The van der Waals surface area contributed by atoms with Crippen molar-refractivity contribution in [2.45, 2.75) is 5.60 Å². The van der Waals surface area contributed by atoms with Crippen LogP contribution in [0.2, 0.25) is 0 Å². The van der Waals surface area contributed by atoms with E-state index in [0.717, 1.165) is 0 Å². The van der Waals surface area contributed by atoms with Crippen molar-refractivity contribution in [1.82, 2.24) is 0 Å². The maximum atomic E-state index is 12.7. The molecule has 0 saturated carbocycles. The average molecular weight is 455 g/mol. The van der Waals surface area contributed by atoms with Gasteiger partial charge in [-0.15, -0.1) is 0 Å². The summed E-state index contributed by atoms with van der Waals surface area (Å²) in [6, 6.07) is 16.0. The van der Waals surface area contributed by atoms with Crippen LogP contribution in [0, 0.1) is 0 Å².